The number of fused-ring (bicyclic) bond motifs is 4. The molecule has 0 aromatic heterocycles. The van der Waals surface area contributed by atoms with Gasteiger partial charge in [-0.25, -0.2) is 9.59 Å². The van der Waals surface area contributed by atoms with Gasteiger partial charge in [0.15, 0.2) is 0 Å². The van der Waals surface area contributed by atoms with Crippen molar-refractivity contribution < 1.29 is 29.0 Å². The van der Waals surface area contributed by atoms with E-state index in [0.29, 0.717) is 19.4 Å². The Morgan fingerprint density at radius 3 is 2.14 bits per heavy atom. The highest BCUT2D eigenvalue weighted by molar-refractivity contribution is 5.80. The van der Waals surface area contributed by atoms with Gasteiger partial charge >= 0.3 is 18.2 Å². The summed E-state index contributed by atoms with van der Waals surface area (Å²) in [5.74, 6) is -1.38. The van der Waals surface area contributed by atoms with E-state index in [0.717, 1.165) is 22.3 Å². The maximum atomic E-state index is 13.2. The maximum absolute atomic E-state index is 13.2. The van der Waals surface area contributed by atoms with Crippen molar-refractivity contribution in [3.8, 4) is 11.1 Å². The average Bonchev–Trinajstić information content (AvgIpc) is 3.31. The lowest BCUT2D eigenvalue weighted by Crippen LogP contribution is -2.43. The van der Waals surface area contributed by atoms with Crippen molar-refractivity contribution in [1.82, 2.24) is 9.80 Å². The molecule has 1 aliphatic carbocycles. The second-order valence-corrected chi connectivity index (χ2v) is 11.4. The van der Waals surface area contributed by atoms with Crippen molar-refractivity contribution in [3.05, 3.63) is 59.7 Å². The van der Waals surface area contributed by atoms with Gasteiger partial charge in [-0.05, 0) is 55.9 Å². The lowest BCUT2D eigenvalue weighted by Gasteiger charge is -2.29. The predicted molar refractivity (Wildman–Crippen MR) is 137 cm³/mol. The van der Waals surface area contributed by atoms with Gasteiger partial charge in [0, 0.05) is 38.0 Å². The quantitative estimate of drug-likeness (QED) is 0.632. The number of carboxylic acids is 1. The Kier molecular flexibility index (Phi) is 6.38. The van der Waals surface area contributed by atoms with Gasteiger partial charge in [-0.3, -0.25) is 4.79 Å². The molecule has 0 bridgehead atoms. The Hall–Kier alpha value is -3.55. The summed E-state index contributed by atoms with van der Waals surface area (Å²) in [7, 11) is 0. The molecule has 0 radical (unpaired) electrons. The van der Waals surface area contributed by atoms with Crippen LogP contribution in [0.3, 0.4) is 0 Å². The number of rotatable bonds is 3. The van der Waals surface area contributed by atoms with Crippen LogP contribution < -0.4 is 0 Å². The first-order valence-electron chi connectivity index (χ1n) is 12.9. The van der Waals surface area contributed by atoms with Crippen molar-refractivity contribution in [2.75, 3.05) is 32.8 Å². The van der Waals surface area contributed by atoms with E-state index in [1.165, 1.54) is 4.90 Å². The first-order chi connectivity index (χ1) is 17.6. The molecule has 5 rings (SSSR count). The summed E-state index contributed by atoms with van der Waals surface area (Å²) in [6.07, 6.45) is -0.0538. The lowest BCUT2D eigenvalue weighted by atomic mass is 9.75. The predicted octanol–water partition coefficient (Wildman–Crippen LogP) is 4.97. The van der Waals surface area contributed by atoms with Crippen LogP contribution in [0.4, 0.5) is 9.59 Å². The molecule has 2 aromatic rings. The fraction of sp³-hybridized carbons (Fsp3) is 0.483. The van der Waals surface area contributed by atoms with Crippen molar-refractivity contribution in [2.24, 2.45) is 11.3 Å². The van der Waals surface area contributed by atoms with Crippen LogP contribution in [0.25, 0.3) is 11.1 Å². The third-order valence-corrected chi connectivity index (χ3v) is 7.86. The largest absolute Gasteiger partial charge is 0.481 e. The molecule has 2 heterocycles. The van der Waals surface area contributed by atoms with Gasteiger partial charge < -0.3 is 24.4 Å². The summed E-state index contributed by atoms with van der Waals surface area (Å²) in [5.41, 5.74) is 2.82. The van der Waals surface area contributed by atoms with Crippen LogP contribution in [0, 0.1) is 11.3 Å². The van der Waals surface area contributed by atoms with Gasteiger partial charge in [0.1, 0.15) is 12.2 Å². The number of benzene rings is 2. The van der Waals surface area contributed by atoms with E-state index in [1.807, 2.05) is 24.3 Å². The number of hydrogen-bond acceptors (Lipinski definition) is 5. The SMILES string of the molecule is CC(C)(C)OC(=O)N1C[C@H]2CN(C(=O)OCC3c4ccccc4-c4ccccc43)CCC[C@@]2(C(=O)O)C1. The molecule has 2 aliphatic heterocycles. The molecular weight excluding hydrogens is 472 g/mol. The monoisotopic (exact) mass is 506 g/mol. The van der Waals surface area contributed by atoms with Crippen LogP contribution in [0.15, 0.2) is 48.5 Å². The van der Waals surface area contributed by atoms with Crippen molar-refractivity contribution in [1.29, 1.82) is 0 Å². The third kappa shape index (κ3) is 4.65. The Bertz CT molecular complexity index is 1180. The zero-order chi connectivity index (χ0) is 26.4. The highest BCUT2D eigenvalue weighted by atomic mass is 16.6. The first-order valence-corrected chi connectivity index (χ1v) is 12.9. The van der Waals surface area contributed by atoms with Crippen LogP contribution in [0.5, 0.6) is 0 Å². The minimum Gasteiger partial charge on any atom is -0.481 e. The molecule has 0 saturated carbocycles. The van der Waals surface area contributed by atoms with Crippen LogP contribution in [-0.4, -0.2) is 71.4 Å². The summed E-state index contributed by atoms with van der Waals surface area (Å²) >= 11 is 0. The number of aliphatic carboxylic acids is 1. The van der Waals surface area contributed by atoms with Crippen molar-refractivity contribution in [2.45, 2.75) is 45.1 Å². The van der Waals surface area contributed by atoms with Gasteiger partial charge in [0.25, 0.3) is 0 Å². The van der Waals surface area contributed by atoms with E-state index >= 15 is 0 Å². The average molecular weight is 507 g/mol. The smallest absolute Gasteiger partial charge is 0.410 e. The second kappa shape index (κ2) is 9.39. The number of nitrogens with zero attached hydrogens (tertiary/aromatic N) is 2. The number of hydrogen-bond donors (Lipinski definition) is 1. The van der Waals surface area contributed by atoms with Crippen molar-refractivity contribution in [3.63, 3.8) is 0 Å². The summed E-state index contributed by atoms with van der Waals surface area (Å²) in [6.45, 7) is 6.52. The van der Waals surface area contributed by atoms with Gasteiger partial charge in [-0.1, -0.05) is 48.5 Å². The van der Waals surface area contributed by atoms with E-state index in [1.54, 1.807) is 25.7 Å². The highest BCUT2D eigenvalue weighted by Crippen LogP contribution is 2.45. The van der Waals surface area contributed by atoms with Crippen molar-refractivity contribution >= 4 is 18.2 Å². The molecular formula is C29H34N2O6. The fourth-order valence-corrected chi connectivity index (χ4v) is 6.10. The minimum atomic E-state index is -1.10. The normalized spacial score (nSPS) is 23.1. The summed E-state index contributed by atoms with van der Waals surface area (Å²) in [5, 5.41) is 10.2. The fourth-order valence-electron chi connectivity index (χ4n) is 6.10. The Balaban J connectivity index is 1.29. The number of ether oxygens (including phenoxy) is 2. The number of carbonyl (C=O) groups excluding carboxylic acids is 2. The van der Waals surface area contributed by atoms with Crippen LogP contribution in [-0.2, 0) is 14.3 Å². The molecule has 196 valence electrons. The number of carboxylic acid groups (broad SMARTS) is 1. The lowest BCUT2D eigenvalue weighted by molar-refractivity contribution is -0.150. The third-order valence-electron chi connectivity index (χ3n) is 7.86. The molecule has 2 atom stereocenters. The van der Waals surface area contributed by atoms with Gasteiger partial charge in [0.2, 0.25) is 0 Å². The highest BCUT2D eigenvalue weighted by Gasteiger charge is 2.55. The zero-order valence-corrected chi connectivity index (χ0v) is 21.6. The van der Waals surface area contributed by atoms with Gasteiger partial charge in [0.05, 0.1) is 5.41 Å². The molecule has 8 heteroatoms. The summed E-state index contributed by atoms with van der Waals surface area (Å²) in [6, 6.07) is 16.3. The summed E-state index contributed by atoms with van der Waals surface area (Å²) in [4.78, 5) is 41.5. The molecule has 2 aromatic carbocycles. The zero-order valence-electron chi connectivity index (χ0n) is 21.6. The van der Waals surface area contributed by atoms with E-state index < -0.39 is 35.1 Å². The molecule has 0 spiro atoms. The maximum Gasteiger partial charge on any atom is 0.410 e. The van der Waals surface area contributed by atoms with E-state index in [4.69, 9.17) is 9.47 Å². The Morgan fingerprint density at radius 2 is 1.54 bits per heavy atom. The molecule has 2 fully saturated rings. The Labute approximate surface area is 217 Å². The summed E-state index contributed by atoms with van der Waals surface area (Å²) < 4.78 is 11.4. The molecule has 0 unspecified atom stereocenters. The minimum absolute atomic E-state index is 0.0458. The van der Waals surface area contributed by atoms with E-state index in [2.05, 4.69) is 24.3 Å². The van der Waals surface area contributed by atoms with Crippen LogP contribution in [0.1, 0.15) is 50.7 Å². The number of amides is 2. The van der Waals surface area contributed by atoms with Crippen LogP contribution >= 0.6 is 0 Å². The number of carbonyl (C=O) groups is 3. The van der Waals surface area contributed by atoms with Gasteiger partial charge in [-0.15, -0.1) is 0 Å². The molecule has 1 N–H and O–H groups in total. The standard InChI is InChI=1S/C29H34N2O6/c1-28(2,3)37-27(35)31-16-19-15-30(14-8-13-29(19,18-31)25(32)33)26(34)36-17-24-22-11-6-4-9-20(22)21-10-5-7-12-23(21)24/h4-7,9-12,19,24H,8,13-18H2,1-3H3,(H,32,33)/t19-,29-/m1/s1. The van der Waals surface area contributed by atoms with E-state index in [9.17, 15) is 19.5 Å². The second-order valence-electron chi connectivity index (χ2n) is 11.4. The topological polar surface area (TPSA) is 96.4 Å². The first kappa shape index (κ1) is 25.1. The number of likely N-dealkylation sites (tertiary alicyclic amines) is 2. The molecule has 8 nitrogen and oxygen atoms in total. The van der Waals surface area contributed by atoms with Gasteiger partial charge in [-0.2, -0.15) is 0 Å². The molecule has 2 saturated heterocycles. The Morgan fingerprint density at radius 1 is 0.946 bits per heavy atom. The van der Waals surface area contributed by atoms with E-state index in [-0.39, 0.29) is 32.2 Å². The molecule has 2 amide bonds. The molecule has 3 aliphatic rings. The van der Waals surface area contributed by atoms with Crippen LogP contribution in [0.2, 0.25) is 0 Å². The molecule has 37 heavy (non-hydrogen) atoms.